The molecular weight excluding hydrogens is 432 g/mol. The molecule has 0 radical (unpaired) electrons. The van der Waals surface area contributed by atoms with Crippen molar-refractivity contribution in [3.8, 4) is 11.5 Å². The van der Waals surface area contributed by atoms with E-state index >= 15 is 0 Å². The Morgan fingerprint density at radius 1 is 1.12 bits per heavy atom. The maximum absolute atomic E-state index is 13.2. The lowest BCUT2D eigenvalue weighted by Gasteiger charge is -2.34. The fourth-order valence-electron chi connectivity index (χ4n) is 4.99. The first-order chi connectivity index (χ1) is 16.4. The molecule has 0 saturated carbocycles. The molecule has 0 saturated heterocycles. The van der Waals surface area contributed by atoms with E-state index in [2.05, 4.69) is 0 Å². The van der Waals surface area contributed by atoms with Crippen molar-refractivity contribution in [3.05, 3.63) is 64.5 Å². The van der Waals surface area contributed by atoms with Gasteiger partial charge in [-0.1, -0.05) is 12.1 Å². The highest BCUT2D eigenvalue weighted by atomic mass is 16.5. The van der Waals surface area contributed by atoms with Gasteiger partial charge in [0.15, 0.2) is 5.65 Å². The highest BCUT2D eigenvalue weighted by Gasteiger charge is 2.32. The van der Waals surface area contributed by atoms with Crippen molar-refractivity contribution in [2.75, 3.05) is 20.8 Å². The molecular formula is C26H28N4O4. The quantitative estimate of drug-likeness (QED) is 0.490. The van der Waals surface area contributed by atoms with Crippen LogP contribution in [-0.2, 0) is 17.8 Å². The molecule has 1 aliphatic heterocycles. The van der Waals surface area contributed by atoms with Gasteiger partial charge in [0.1, 0.15) is 17.6 Å². The van der Waals surface area contributed by atoms with E-state index in [9.17, 15) is 9.90 Å². The normalized spacial score (nSPS) is 15.6. The first kappa shape index (κ1) is 22.2. The van der Waals surface area contributed by atoms with Crippen LogP contribution in [0, 0.1) is 13.8 Å². The second kappa shape index (κ2) is 8.61. The number of nitrogens with zero attached hydrogens (tertiary/aromatic N) is 4. The van der Waals surface area contributed by atoms with E-state index in [0.29, 0.717) is 36.4 Å². The minimum atomic E-state index is -0.837. The summed E-state index contributed by atoms with van der Waals surface area (Å²) < 4.78 is 12.8. The van der Waals surface area contributed by atoms with E-state index in [1.165, 1.54) is 0 Å². The van der Waals surface area contributed by atoms with E-state index in [1.54, 1.807) is 31.3 Å². The molecule has 176 valence electrons. The number of β-amino-alcohol motifs (C(OH)–C–C–N with tert-alkyl or cyclic N) is 1. The molecule has 3 heterocycles. The van der Waals surface area contributed by atoms with E-state index in [4.69, 9.17) is 19.6 Å². The van der Waals surface area contributed by atoms with Gasteiger partial charge in [-0.2, -0.15) is 5.10 Å². The van der Waals surface area contributed by atoms with Crippen molar-refractivity contribution in [2.24, 2.45) is 0 Å². The topological polar surface area (TPSA) is 89.2 Å². The van der Waals surface area contributed by atoms with Gasteiger partial charge in [0, 0.05) is 40.9 Å². The fourth-order valence-corrected chi connectivity index (χ4v) is 4.99. The number of benzene rings is 2. The SMILES string of the molecule is COc1ccc(OC)c2c1CN(C(=O)CCc1c(C)nc3c4ccccc4nn3c1C)C[C@H]2O. The number of hydrogen-bond donors (Lipinski definition) is 1. The monoisotopic (exact) mass is 460 g/mol. The Balaban J connectivity index is 1.39. The number of aryl methyl sites for hydroxylation is 2. The minimum absolute atomic E-state index is 0.0286. The number of carbonyl (C=O) groups excluding carboxylic acids is 1. The summed E-state index contributed by atoms with van der Waals surface area (Å²) in [6, 6.07) is 11.5. The van der Waals surface area contributed by atoms with Crippen LogP contribution in [0.5, 0.6) is 11.5 Å². The maximum atomic E-state index is 13.2. The number of hydrogen-bond acceptors (Lipinski definition) is 6. The summed E-state index contributed by atoms with van der Waals surface area (Å²) in [6.07, 6.45) is 0.0182. The van der Waals surface area contributed by atoms with Crippen LogP contribution in [0.4, 0.5) is 0 Å². The smallest absolute Gasteiger partial charge is 0.223 e. The second-order valence-electron chi connectivity index (χ2n) is 8.67. The Hall–Kier alpha value is -3.65. The van der Waals surface area contributed by atoms with Crippen molar-refractivity contribution >= 4 is 22.5 Å². The third-order valence-electron chi connectivity index (χ3n) is 6.75. The molecule has 0 aliphatic carbocycles. The summed E-state index contributed by atoms with van der Waals surface area (Å²) in [5.74, 6) is 1.21. The third kappa shape index (κ3) is 3.54. The number of amides is 1. The lowest BCUT2D eigenvalue weighted by molar-refractivity contribution is -0.134. The first-order valence-corrected chi connectivity index (χ1v) is 11.4. The average molecular weight is 461 g/mol. The van der Waals surface area contributed by atoms with Gasteiger partial charge in [0.2, 0.25) is 5.91 Å². The van der Waals surface area contributed by atoms with Crippen LogP contribution < -0.4 is 9.47 Å². The molecule has 4 aromatic rings. The molecule has 2 aromatic heterocycles. The number of ether oxygens (including phenoxy) is 2. The number of aliphatic hydroxyl groups excluding tert-OH is 1. The van der Waals surface area contributed by atoms with Gasteiger partial charge in [0.25, 0.3) is 0 Å². The Labute approximate surface area is 197 Å². The molecule has 1 aliphatic rings. The number of aliphatic hydroxyl groups is 1. The third-order valence-corrected chi connectivity index (χ3v) is 6.75. The zero-order valence-electron chi connectivity index (χ0n) is 19.8. The average Bonchev–Trinajstić information content (AvgIpc) is 3.21. The predicted octanol–water partition coefficient (Wildman–Crippen LogP) is 3.52. The molecule has 8 nitrogen and oxygen atoms in total. The molecule has 2 aromatic carbocycles. The summed E-state index contributed by atoms with van der Waals surface area (Å²) in [4.78, 5) is 19.7. The van der Waals surface area contributed by atoms with E-state index in [1.807, 2.05) is 42.6 Å². The predicted molar refractivity (Wildman–Crippen MR) is 128 cm³/mol. The molecule has 34 heavy (non-hydrogen) atoms. The summed E-state index contributed by atoms with van der Waals surface area (Å²) in [7, 11) is 3.16. The van der Waals surface area contributed by atoms with Crippen LogP contribution in [0.2, 0.25) is 0 Å². The summed E-state index contributed by atoms with van der Waals surface area (Å²) in [5, 5.41) is 16.5. The van der Waals surface area contributed by atoms with E-state index in [-0.39, 0.29) is 12.5 Å². The van der Waals surface area contributed by atoms with Crippen molar-refractivity contribution in [3.63, 3.8) is 0 Å². The number of carbonyl (C=O) groups is 1. The zero-order valence-corrected chi connectivity index (χ0v) is 19.8. The standard InChI is InChI=1S/C26H28N4O4/c1-15-17(16(2)30-26(27-15)18-7-5-6-8-20(18)28-30)9-12-24(32)29-13-19-22(33-3)10-11-23(34-4)25(19)21(31)14-29/h5-8,10-11,21,31H,9,12-14H2,1-4H3/t21-/m1/s1. The number of aromatic nitrogens is 3. The molecule has 0 unspecified atom stereocenters. The van der Waals surface area contributed by atoms with Crippen LogP contribution in [-0.4, -0.2) is 51.3 Å². The molecule has 0 fully saturated rings. The number of fused-ring (bicyclic) bond motifs is 4. The van der Waals surface area contributed by atoms with Gasteiger partial charge in [-0.3, -0.25) is 4.79 Å². The Kier molecular flexibility index (Phi) is 5.61. The van der Waals surface area contributed by atoms with Gasteiger partial charge < -0.3 is 19.5 Å². The van der Waals surface area contributed by atoms with Gasteiger partial charge >= 0.3 is 0 Å². The van der Waals surface area contributed by atoms with Crippen LogP contribution in [0.15, 0.2) is 36.4 Å². The van der Waals surface area contributed by atoms with E-state index < -0.39 is 6.10 Å². The largest absolute Gasteiger partial charge is 0.496 e. The van der Waals surface area contributed by atoms with Gasteiger partial charge in [-0.15, -0.1) is 0 Å². The minimum Gasteiger partial charge on any atom is -0.496 e. The second-order valence-corrected chi connectivity index (χ2v) is 8.67. The highest BCUT2D eigenvalue weighted by molar-refractivity contribution is 5.92. The fraction of sp³-hybridized carbons (Fsp3) is 0.346. The van der Waals surface area contributed by atoms with Gasteiger partial charge in [0.05, 0.1) is 26.3 Å². The van der Waals surface area contributed by atoms with Crippen LogP contribution in [0.3, 0.4) is 0 Å². The zero-order chi connectivity index (χ0) is 24.0. The molecule has 1 amide bonds. The van der Waals surface area contributed by atoms with Crippen LogP contribution >= 0.6 is 0 Å². The summed E-state index contributed by atoms with van der Waals surface area (Å²) in [6.45, 7) is 4.58. The molecule has 1 atom stereocenters. The molecule has 8 heteroatoms. The summed E-state index contributed by atoms with van der Waals surface area (Å²) in [5.41, 5.74) is 6.12. The highest BCUT2D eigenvalue weighted by Crippen LogP contribution is 2.39. The van der Waals surface area contributed by atoms with E-state index in [0.717, 1.165) is 39.1 Å². The Morgan fingerprint density at radius 2 is 1.85 bits per heavy atom. The van der Waals surface area contributed by atoms with Crippen molar-refractivity contribution in [1.82, 2.24) is 19.5 Å². The first-order valence-electron chi connectivity index (χ1n) is 11.4. The summed E-state index contributed by atoms with van der Waals surface area (Å²) >= 11 is 0. The van der Waals surface area contributed by atoms with Crippen molar-refractivity contribution in [1.29, 1.82) is 0 Å². The van der Waals surface area contributed by atoms with Crippen molar-refractivity contribution < 1.29 is 19.4 Å². The van der Waals surface area contributed by atoms with Crippen molar-refractivity contribution in [2.45, 2.75) is 39.3 Å². The lowest BCUT2D eigenvalue weighted by atomic mass is 9.94. The Morgan fingerprint density at radius 3 is 2.62 bits per heavy atom. The van der Waals surface area contributed by atoms with Crippen LogP contribution in [0.1, 0.15) is 40.6 Å². The van der Waals surface area contributed by atoms with Gasteiger partial charge in [-0.25, -0.2) is 9.50 Å². The molecule has 1 N–H and O–H groups in total. The number of methoxy groups -OCH3 is 2. The molecule has 0 bridgehead atoms. The molecule has 5 rings (SSSR count). The number of rotatable bonds is 5. The van der Waals surface area contributed by atoms with Gasteiger partial charge in [-0.05, 0) is 50.1 Å². The van der Waals surface area contributed by atoms with Crippen LogP contribution in [0.25, 0.3) is 16.6 Å². The Bertz CT molecular complexity index is 1410. The molecule has 0 spiro atoms. The lowest BCUT2D eigenvalue weighted by Crippen LogP contribution is -2.38. The maximum Gasteiger partial charge on any atom is 0.223 e.